The number of ketones is 2. The molecule has 2 fully saturated rings. The van der Waals surface area contributed by atoms with Crippen molar-refractivity contribution in [2.75, 3.05) is 0 Å². The van der Waals surface area contributed by atoms with Gasteiger partial charge in [0.2, 0.25) is 5.91 Å². The summed E-state index contributed by atoms with van der Waals surface area (Å²) in [6, 6.07) is 0. The lowest BCUT2D eigenvalue weighted by Gasteiger charge is -2.40. The highest BCUT2D eigenvalue weighted by atomic mass is 16.4. The van der Waals surface area contributed by atoms with Crippen molar-refractivity contribution >= 4 is 23.4 Å². The van der Waals surface area contributed by atoms with Gasteiger partial charge in [-0.15, -0.1) is 0 Å². The third-order valence-electron chi connectivity index (χ3n) is 8.08. The lowest BCUT2D eigenvalue weighted by Crippen LogP contribution is -2.43. The lowest BCUT2D eigenvalue weighted by molar-refractivity contribution is -0.148. The highest BCUT2D eigenvalue weighted by Gasteiger charge is 2.45. The van der Waals surface area contributed by atoms with E-state index in [0.29, 0.717) is 37.5 Å². The molecule has 170 valence electrons. The maximum absolute atomic E-state index is 13.3. The maximum atomic E-state index is 13.3. The summed E-state index contributed by atoms with van der Waals surface area (Å²) in [5, 5.41) is 9.88. The van der Waals surface area contributed by atoms with Crippen LogP contribution in [0.4, 0.5) is 0 Å². The largest absolute Gasteiger partial charge is 0.481 e. The average Bonchev–Trinajstić information content (AvgIpc) is 2.71. The van der Waals surface area contributed by atoms with Crippen LogP contribution in [0.2, 0.25) is 0 Å². The van der Waals surface area contributed by atoms with Crippen LogP contribution in [0.15, 0.2) is 0 Å². The van der Waals surface area contributed by atoms with Gasteiger partial charge in [0.05, 0.1) is 5.92 Å². The van der Waals surface area contributed by atoms with Crippen molar-refractivity contribution in [2.45, 2.75) is 79.1 Å². The van der Waals surface area contributed by atoms with Crippen molar-refractivity contribution < 1.29 is 24.3 Å². The second-order valence-electron chi connectivity index (χ2n) is 9.88. The highest BCUT2D eigenvalue weighted by Crippen LogP contribution is 2.44. The molecule has 0 spiro atoms. The molecule has 0 radical (unpaired) electrons. The summed E-state index contributed by atoms with van der Waals surface area (Å²) in [6.45, 7) is 7.96. The Morgan fingerprint density at radius 1 is 0.933 bits per heavy atom. The fraction of sp³-hybridized carbons (Fsp3) is 0.833. The van der Waals surface area contributed by atoms with Crippen LogP contribution in [0.1, 0.15) is 79.1 Å². The van der Waals surface area contributed by atoms with Crippen LogP contribution in [0, 0.1) is 47.3 Å². The van der Waals surface area contributed by atoms with Crippen molar-refractivity contribution in [1.82, 2.24) is 0 Å². The molecule has 0 bridgehead atoms. The normalized spacial score (nSPS) is 34.0. The number of carbonyl (C=O) groups excluding carboxylic acids is 3. The van der Waals surface area contributed by atoms with Gasteiger partial charge in [-0.1, -0.05) is 33.6 Å². The number of amides is 1. The molecular formula is C24H39NO5. The van der Waals surface area contributed by atoms with Crippen molar-refractivity contribution in [2.24, 2.45) is 53.1 Å². The molecule has 0 heterocycles. The Morgan fingerprint density at radius 3 is 2.00 bits per heavy atom. The Kier molecular flexibility index (Phi) is 8.62. The lowest BCUT2D eigenvalue weighted by atomic mass is 9.63. The van der Waals surface area contributed by atoms with Gasteiger partial charge in [0.25, 0.3) is 0 Å². The maximum Gasteiger partial charge on any atom is 0.306 e. The van der Waals surface area contributed by atoms with Gasteiger partial charge in [0.1, 0.15) is 11.6 Å². The Morgan fingerprint density at radius 2 is 1.50 bits per heavy atom. The summed E-state index contributed by atoms with van der Waals surface area (Å²) >= 11 is 0. The molecule has 1 amide bonds. The number of aliphatic carboxylic acids is 1. The van der Waals surface area contributed by atoms with Gasteiger partial charge >= 0.3 is 5.97 Å². The number of Topliss-reactive ketones (excluding diaryl/α,β-unsaturated/α-hetero) is 2. The monoisotopic (exact) mass is 421 g/mol. The molecule has 2 rings (SSSR count). The van der Waals surface area contributed by atoms with Crippen LogP contribution in [-0.4, -0.2) is 28.5 Å². The Bertz CT molecular complexity index is 660. The van der Waals surface area contributed by atoms with E-state index in [-0.39, 0.29) is 29.3 Å². The van der Waals surface area contributed by atoms with Gasteiger partial charge in [-0.05, 0) is 63.2 Å². The molecule has 3 N–H and O–H groups in total. The summed E-state index contributed by atoms with van der Waals surface area (Å²) in [5.74, 6) is -2.41. The number of rotatable bonds is 9. The minimum atomic E-state index is -0.799. The van der Waals surface area contributed by atoms with Crippen molar-refractivity contribution in [3.8, 4) is 0 Å². The van der Waals surface area contributed by atoms with Crippen LogP contribution >= 0.6 is 0 Å². The van der Waals surface area contributed by atoms with E-state index < -0.39 is 29.6 Å². The first-order valence-corrected chi connectivity index (χ1v) is 11.6. The zero-order valence-electron chi connectivity index (χ0n) is 18.9. The van der Waals surface area contributed by atoms with E-state index in [4.69, 9.17) is 5.73 Å². The molecule has 0 aromatic heterocycles. The molecule has 2 aliphatic carbocycles. The summed E-state index contributed by atoms with van der Waals surface area (Å²) in [6.07, 6.45) is 5.42. The second kappa shape index (κ2) is 10.5. The first-order chi connectivity index (χ1) is 14.1. The van der Waals surface area contributed by atoms with Gasteiger partial charge in [0.15, 0.2) is 0 Å². The molecular weight excluding hydrogens is 382 g/mol. The molecule has 2 saturated carbocycles. The molecule has 8 atom stereocenters. The standard InChI is InChI=1S/C24H39NO5/c1-5-6-13(2)14(3)18-9-7-17(12-21(18)24(29)30)22(27)16-8-10-19(23(25)28)20(11-16)15(4)26/h13-14,16-21H,5-12H2,1-4H3,(H2,25,28)(H,29,30). The number of hydrogen-bond donors (Lipinski definition) is 2. The Hall–Kier alpha value is -1.72. The second-order valence-corrected chi connectivity index (χ2v) is 9.88. The van der Waals surface area contributed by atoms with Gasteiger partial charge in [-0.3, -0.25) is 19.2 Å². The van der Waals surface area contributed by atoms with Crippen LogP contribution in [0.25, 0.3) is 0 Å². The quantitative estimate of drug-likeness (QED) is 0.587. The zero-order chi connectivity index (χ0) is 22.6. The SMILES string of the molecule is CCCC(C)C(C)C1CCC(C(=O)C2CCC(C(N)=O)C(C(C)=O)C2)CC1C(=O)O. The van der Waals surface area contributed by atoms with Gasteiger partial charge in [-0.25, -0.2) is 0 Å². The number of carboxylic acids is 1. The number of carbonyl (C=O) groups is 4. The predicted molar refractivity (Wildman–Crippen MR) is 114 cm³/mol. The molecule has 6 heteroatoms. The molecule has 0 aromatic carbocycles. The molecule has 0 saturated heterocycles. The molecule has 0 aromatic rings. The Balaban J connectivity index is 2.08. The van der Waals surface area contributed by atoms with Crippen molar-refractivity contribution in [1.29, 1.82) is 0 Å². The summed E-state index contributed by atoms with van der Waals surface area (Å²) < 4.78 is 0. The Labute approximate surface area is 180 Å². The average molecular weight is 422 g/mol. The number of hydrogen-bond acceptors (Lipinski definition) is 4. The topological polar surface area (TPSA) is 115 Å². The minimum absolute atomic E-state index is 0.0862. The van der Waals surface area contributed by atoms with Crippen molar-refractivity contribution in [3.63, 3.8) is 0 Å². The van der Waals surface area contributed by atoms with E-state index in [0.717, 1.165) is 25.7 Å². The minimum Gasteiger partial charge on any atom is -0.481 e. The van der Waals surface area contributed by atoms with Crippen LogP contribution in [-0.2, 0) is 19.2 Å². The first-order valence-electron chi connectivity index (χ1n) is 11.6. The molecule has 30 heavy (non-hydrogen) atoms. The van der Waals surface area contributed by atoms with Crippen molar-refractivity contribution in [3.05, 3.63) is 0 Å². The van der Waals surface area contributed by atoms with Crippen LogP contribution < -0.4 is 5.73 Å². The number of nitrogens with two attached hydrogens (primary N) is 1. The predicted octanol–water partition coefficient (Wildman–Crippen LogP) is 3.85. The highest BCUT2D eigenvalue weighted by molar-refractivity contribution is 5.89. The molecule has 8 unspecified atom stereocenters. The number of primary amides is 1. The van der Waals surface area contributed by atoms with E-state index >= 15 is 0 Å². The summed E-state index contributed by atoms with van der Waals surface area (Å²) in [5.41, 5.74) is 5.46. The fourth-order valence-electron chi connectivity index (χ4n) is 6.06. The summed E-state index contributed by atoms with van der Waals surface area (Å²) in [7, 11) is 0. The smallest absolute Gasteiger partial charge is 0.306 e. The van der Waals surface area contributed by atoms with E-state index in [1.807, 2.05) is 0 Å². The fourth-order valence-corrected chi connectivity index (χ4v) is 6.06. The molecule has 0 aliphatic heterocycles. The van der Waals surface area contributed by atoms with E-state index in [2.05, 4.69) is 20.8 Å². The molecule has 6 nitrogen and oxygen atoms in total. The van der Waals surface area contributed by atoms with Gasteiger partial charge < -0.3 is 10.8 Å². The van der Waals surface area contributed by atoms with E-state index in [9.17, 15) is 24.3 Å². The van der Waals surface area contributed by atoms with E-state index in [1.165, 1.54) is 6.92 Å². The van der Waals surface area contributed by atoms with E-state index in [1.54, 1.807) is 0 Å². The summed E-state index contributed by atoms with van der Waals surface area (Å²) in [4.78, 5) is 49.0. The molecule has 2 aliphatic rings. The van der Waals surface area contributed by atoms with Crippen LogP contribution in [0.3, 0.4) is 0 Å². The third-order valence-corrected chi connectivity index (χ3v) is 8.08. The third kappa shape index (κ3) is 5.50. The zero-order valence-corrected chi connectivity index (χ0v) is 18.9. The number of carboxylic acid groups (broad SMARTS) is 1. The van der Waals surface area contributed by atoms with Crippen LogP contribution in [0.5, 0.6) is 0 Å². The van der Waals surface area contributed by atoms with Gasteiger partial charge in [0, 0.05) is 23.7 Å². The van der Waals surface area contributed by atoms with Gasteiger partial charge in [-0.2, -0.15) is 0 Å². The first kappa shape index (κ1) is 24.5.